The lowest BCUT2D eigenvalue weighted by molar-refractivity contribution is 0.587. The summed E-state index contributed by atoms with van der Waals surface area (Å²) in [4.78, 5) is 18.2. The second kappa shape index (κ2) is 9.24. The van der Waals surface area contributed by atoms with Crippen LogP contribution in [-0.2, 0) is 25.3 Å². The Morgan fingerprint density at radius 2 is 1.90 bits per heavy atom. The van der Waals surface area contributed by atoms with Gasteiger partial charge in [0.2, 0.25) is 0 Å². The third-order valence-corrected chi connectivity index (χ3v) is 6.51. The minimum Gasteiger partial charge on any atom is -0.285 e. The Balaban J connectivity index is 1.76. The molecule has 160 valence electrons. The maximum atomic E-state index is 14.3. The van der Waals surface area contributed by atoms with Crippen LogP contribution in [-0.4, -0.2) is 19.3 Å². The molecule has 31 heavy (non-hydrogen) atoms. The normalized spacial score (nSPS) is 11.4. The van der Waals surface area contributed by atoms with E-state index in [-0.39, 0.29) is 17.1 Å². The van der Waals surface area contributed by atoms with E-state index in [0.717, 1.165) is 5.56 Å². The summed E-state index contributed by atoms with van der Waals surface area (Å²) in [7, 11) is 0. The van der Waals surface area contributed by atoms with Crippen LogP contribution in [0.5, 0.6) is 0 Å². The molecule has 2 aromatic heterocycles. The Morgan fingerprint density at radius 1 is 1.13 bits per heavy atom. The van der Waals surface area contributed by atoms with Crippen molar-refractivity contribution in [3.05, 3.63) is 86.5 Å². The Hall–Kier alpha value is -2.64. The number of nitrogens with zero attached hydrogens (tertiary/aromatic N) is 4. The molecule has 0 amide bonds. The molecule has 0 fully saturated rings. The van der Waals surface area contributed by atoms with Crippen molar-refractivity contribution >= 4 is 34.4 Å². The molecule has 0 unspecified atom stereocenters. The first-order valence-corrected chi connectivity index (χ1v) is 11.4. The summed E-state index contributed by atoms with van der Waals surface area (Å²) >= 11 is 7.50. The molecule has 4 rings (SSSR count). The number of aromatic nitrogens is 4. The lowest BCUT2D eigenvalue weighted by atomic mass is 10.1. The Bertz CT molecular complexity index is 1270. The van der Waals surface area contributed by atoms with Gasteiger partial charge in [-0.1, -0.05) is 59.8 Å². The van der Waals surface area contributed by atoms with Gasteiger partial charge in [0.15, 0.2) is 10.7 Å². The average molecular weight is 457 g/mol. The van der Waals surface area contributed by atoms with Crippen molar-refractivity contribution < 1.29 is 4.39 Å². The maximum absolute atomic E-state index is 14.3. The standard InChI is InChI=1S/C23H22ClFN4OS/c1-3-29-21-20(15(2)27-29)26-23(31-14-17-18(24)10-7-11-19(17)25)28(22(21)30)13-12-16-8-5-4-6-9-16/h4-11H,3,12-14H2,1-2H3. The first kappa shape index (κ1) is 21.6. The van der Waals surface area contributed by atoms with Crippen molar-refractivity contribution in [3.8, 4) is 0 Å². The van der Waals surface area contributed by atoms with Crippen LogP contribution >= 0.6 is 23.4 Å². The van der Waals surface area contributed by atoms with Crippen molar-refractivity contribution in [1.82, 2.24) is 19.3 Å². The van der Waals surface area contributed by atoms with E-state index in [1.807, 2.05) is 44.2 Å². The Morgan fingerprint density at radius 3 is 2.61 bits per heavy atom. The number of thioether (sulfide) groups is 1. The average Bonchev–Trinajstić information content (AvgIpc) is 3.09. The first-order chi connectivity index (χ1) is 15.0. The Labute approximate surface area is 188 Å². The first-order valence-electron chi connectivity index (χ1n) is 10.1. The number of fused-ring (bicyclic) bond motifs is 1. The third kappa shape index (κ3) is 4.38. The number of halogens is 2. The lowest BCUT2D eigenvalue weighted by Crippen LogP contribution is -2.26. The van der Waals surface area contributed by atoms with Gasteiger partial charge in [0.25, 0.3) is 5.56 Å². The van der Waals surface area contributed by atoms with Crippen molar-refractivity contribution in [3.63, 3.8) is 0 Å². The predicted molar refractivity (Wildman–Crippen MR) is 123 cm³/mol. The van der Waals surface area contributed by atoms with Crippen LogP contribution in [0.15, 0.2) is 58.5 Å². The number of benzene rings is 2. The fraction of sp³-hybridized carbons (Fsp3) is 0.261. The molecule has 5 nitrogen and oxygen atoms in total. The van der Waals surface area contributed by atoms with Crippen LogP contribution < -0.4 is 5.56 Å². The SMILES string of the molecule is CCn1nc(C)c2nc(SCc3c(F)cccc3Cl)n(CCc3ccccc3)c(=O)c21. The zero-order valence-corrected chi connectivity index (χ0v) is 18.9. The molecule has 0 spiro atoms. The van der Waals surface area contributed by atoms with Gasteiger partial charge in [-0.15, -0.1) is 0 Å². The van der Waals surface area contributed by atoms with E-state index in [0.29, 0.717) is 52.0 Å². The molecular formula is C23H22ClFN4OS. The van der Waals surface area contributed by atoms with E-state index in [2.05, 4.69) is 5.10 Å². The molecule has 2 heterocycles. The van der Waals surface area contributed by atoms with Gasteiger partial charge in [-0.3, -0.25) is 14.0 Å². The third-order valence-electron chi connectivity index (χ3n) is 5.16. The van der Waals surface area contributed by atoms with Gasteiger partial charge in [-0.25, -0.2) is 9.37 Å². The van der Waals surface area contributed by atoms with Gasteiger partial charge in [0, 0.05) is 29.4 Å². The van der Waals surface area contributed by atoms with E-state index in [9.17, 15) is 9.18 Å². The molecule has 0 aliphatic carbocycles. The molecule has 0 radical (unpaired) electrons. The molecule has 2 aromatic carbocycles. The van der Waals surface area contributed by atoms with Crippen LogP contribution in [0.1, 0.15) is 23.7 Å². The Kier molecular flexibility index (Phi) is 6.43. The van der Waals surface area contributed by atoms with E-state index < -0.39 is 0 Å². The van der Waals surface area contributed by atoms with Crippen molar-refractivity contribution in [2.24, 2.45) is 0 Å². The minimum absolute atomic E-state index is 0.134. The highest BCUT2D eigenvalue weighted by molar-refractivity contribution is 7.98. The second-order valence-corrected chi connectivity index (χ2v) is 8.52. The summed E-state index contributed by atoms with van der Waals surface area (Å²) < 4.78 is 17.6. The molecule has 0 N–H and O–H groups in total. The summed E-state index contributed by atoms with van der Waals surface area (Å²) in [6.07, 6.45) is 0.682. The second-order valence-electron chi connectivity index (χ2n) is 7.17. The number of rotatable bonds is 7. The largest absolute Gasteiger partial charge is 0.285 e. The highest BCUT2D eigenvalue weighted by Crippen LogP contribution is 2.28. The molecule has 0 aliphatic rings. The van der Waals surface area contributed by atoms with Crippen LogP contribution in [0.2, 0.25) is 5.02 Å². The van der Waals surface area contributed by atoms with Crippen molar-refractivity contribution in [2.75, 3.05) is 0 Å². The molecule has 0 aliphatic heterocycles. The molecule has 4 aromatic rings. The zero-order valence-electron chi connectivity index (χ0n) is 17.3. The van der Waals surface area contributed by atoms with Gasteiger partial charge in [0.1, 0.15) is 11.3 Å². The molecule has 8 heteroatoms. The van der Waals surface area contributed by atoms with E-state index in [1.54, 1.807) is 21.4 Å². The summed E-state index contributed by atoms with van der Waals surface area (Å²) in [6, 6.07) is 14.6. The van der Waals surface area contributed by atoms with E-state index in [4.69, 9.17) is 16.6 Å². The van der Waals surface area contributed by atoms with Gasteiger partial charge in [0.05, 0.1) is 5.69 Å². The maximum Gasteiger partial charge on any atom is 0.280 e. The van der Waals surface area contributed by atoms with Gasteiger partial charge >= 0.3 is 0 Å². The fourth-order valence-corrected chi connectivity index (χ4v) is 4.88. The highest BCUT2D eigenvalue weighted by atomic mass is 35.5. The number of aryl methyl sites for hydroxylation is 3. The molecule has 0 bridgehead atoms. The van der Waals surface area contributed by atoms with Crippen molar-refractivity contribution in [1.29, 1.82) is 0 Å². The van der Waals surface area contributed by atoms with Crippen molar-refractivity contribution in [2.45, 2.75) is 44.3 Å². The number of hydrogen-bond acceptors (Lipinski definition) is 4. The monoisotopic (exact) mass is 456 g/mol. The molecule has 0 saturated heterocycles. The quantitative estimate of drug-likeness (QED) is 0.281. The lowest BCUT2D eigenvalue weighted by Gasteiger charge is -2.13. The molecule has 0 saturated carbocycles. The van der Waals surface area contributed by atoms with Crippen LogP contribution in [0.4, 0.5) is 4.39 Å². The van der Waals surface area contributed by atoms with Crippen LogP contribution in [0, 0.1) is 12.7 Å². The minimum atomic E-state index is -0.366. The zero-order chi connectivity index (χ0) is 22.0. The van der Waals surface area contributed by atoms with Gasteiger partial charge in [-0.05, 0) is 38.0 Å². The molecule has 0 atom stereocenters. The van der Waals surface area contributed by atoms with Crippen LogP contribution in [0.3, 0.4) is 0 Å². The van der Waals surface area contributed by atoms with Gasteiger partial charge in [-0.2, -0.15) is 5.10 Å². The fourth-order valence-electron chi connectivity index (χ4n) is 3.52. The highest BCUT2D eigenvalue weighted by Gasteiger charge is 2.19. The summed E-state index contributed by atoms with van der Waals surface area (Å²) in [5, 5.41) is 5.36. The van der Waals surface area contributed by atoms with E-state index in [1.165, 1.54) is 17.8 Å². The topological polar surface area (TPSA) is 52.7 Å². The molecular weight excluding hydrogens is 435 g/mol. The summed E-state index contributed by atoms with van der Waals surface area (Å²) in [5.41, 5.74) is 3.19. The summed E-state index contributed by atoms with van der Waals surface area (Å²) in [5.74, 6) is -0.0929. The van der Waals surface area contributed by atoms with Crippen LogP contribution in [0.25, 0.3) is 11.0 Å². The van der Waals surface area contributed by atoms with Gasteiger partial charge < -0.3 is 0 Å². The smallest absolute Gasteiger partial charge is 0.280 e. The van der Waals surface area contributed by atoms with E-state index >= 15 is 0 Å². The predicted octanol–water partition coefficient (Wildman–Crippen LogP) is 5.25. The number of hydrogen-bond donors (Lipinski definition) is 0. The summed E-state index contributed by atoms with van der Waals surface area (Å²) in [6.45, 7) is 4.84.